The second kappa shape index (κ2) is 9.74. The summed E-state index contributed by atoms with van der Waals surface area (Å²) in [5, 5.41) is 9.63. The van der Waals surface area contributed by atoms with E-state index in [0.29, 0.717) is 11.0 Å². The first kappa shape index (κ1) is 24.1. The predicted octanol–water partition coefficient (Wildman–Crippen LogP) is 1.24. The maximum absolute atomic E-state index is 13.2. The summed E-state index contributed by atoms with van der Waals surface area (Å²) >= 11 is 3.37. The summed E-state index contributed by atoms with van der Waals surface area (Å²) in [7, 11) is 1.52. The summed E-state index contributed by atoms with van der Waals surface area (Å²) in [6.45, 7) is 4.06. The van der Waals surface area contributed by atoms with Gasteiger partial charge in [-0.25, -0.2) is 8.42 Å². The molecule has 1 aliphatic rings. The highest BCUT2D eigenvalue weighted by atomic mass is 79.9. The average molecular weight is 492 g/mol. The molecule has 1 aliphatic heterocycles. The molecule has 0 bridgehead atoms. The Balaban J connectivity index is 2.43. The van der Waals surface area contributed by atoms with Crippen LogP contribution >= 0.6 is 15.9 Å². The van der Waals surface area contributed by atoms with Crippen LogP contribution in [0.2, 0.25) is 0 Å². The Morgan fingerprint density at radius 1 is 1.38 bits per heavy atom. The van der Waals surface area contributed by atoms with Gasteiger partial charge in [0.15, 0.2) is 0 Å². The Bertz CT molecular complexity index is 833. The van der Waals surface area contributed by atoms with Crippen molar-refractivity contribution in [1.82, 2.24) is 14.1 Å². The summed E-state index contributed by atoms with van der Waals surface area (Å²) in [6, 6.07) is 4.20. The zero-order valence-corrected chi connectivity index (χ0v) is 19.9. The van der Waals surface area contributed by atoms with Crippen molar-refractivity contribution in [3.05, 3.63) is 22.7 Å². The van der Waals surface area contributed by atoms with Gasteiger partial charge in [0, 0.05) is 30.0 Å². The molecule has 3 atom stereocenters. The van der Waals surface area contributed by atoms with Crippen LogP contribution in [0.25, 0.3) is 0 Å². The molecule has 1 aromatic carbocycles. The highest BCUT2D eigenvalue weighted by Gasteiger charge is 2.38. The van der Waals surface area contributed by atoms with E-state index in [0.717, 1.165) is 0 Å². The van der Waals surface area contributed by atoms with E-state index in [2.05, 4.69) is 15.9 Å². The van der Waals surface area contributed by atoms with Crippen molar-refractivity contribution < 1.29 is 23.1 Å². The van der Waals surface area contributed by atoms with Gasteiger partial charge < -0.3 is 19.6 Å². The number of carbonyl (C=O) groups is 1. The smallest absolute Gasteiger partial charge is 0.247 e. The number of fused-ring (bicyclic) bond motifs is 1. The zero-order chi connectivity index (χ0) is 21.9. The molecule has 0 spiro atoms. The van der Waals surface area contributed by atoms with Gasteiger partial charge in [-0.3, -0.25) is 4.79 Å². The van der Waals surface area contributed by atoms with E-state index in [1.807, 2.05) is 21.0 Å². The van der Waals surface area contributed by atoms with E-state index >= 15 is 0 Å². The minimum absolute atomic E-state index is 0.0458. The fourth-order valence-corrected chi connectivity index (χ4v) is 5.35. The van der Waals surface area contributed by atoms with Crippen LogP contribution in [0.15, 0.2) is 27.6 Å². The lowest BCUT2D eigenvalue weighted by molar-refractivity contribution is -0.132. The van der Waals surface area contributed by atoms with Crippen molar-refractivity contribution >= 4 is 31.9 Å². The normalized spacial score (nSPS) is 22.9. The monoisotopic (exact) mass is 491 g/mol. The fraction of sp³-hybridized carbons (Fsp3) is 0.632. The standard InChI is InChI=1S/C19H30BrN3O5S/c1-13-9-23(14(2)12-24)29(26,27)18-7-6-15(20)8-16(18)28-17(13)10-22(5)19(25)11-21(3)4/h6-8,13-14,17,24H,9-12H2,1-5H3/t13-,14+,17-/m0/s1. The number of likely N-dealkylation sites (N-methyl/N-ethyl adjacent to an activating group) is 2. The van der Waals surface area contributed by atoms with E-state index in [9.17, 15) is 18.3 Å². The number of halogens is 1. The SMILES string of the molecule is C[C@H](CO)N1C[C@H](C)[C@H](CN(C)C(=O)CN(C)C)Oc2cc(Br)ccc2S1(=O)=O. The highest BCUT2D eigenvalue weighted by molar-refractivity contribution is 9.10. The first-order valence-electron chi connectivity index (χ1n) is 9.45. The number of hydrogen-bond donors (Lipinski definition) is 1. The van der Waals surface area contributed by atoms with Crippen molar-refractivity contribution in [2.75, 3.05) is 47.4 Å². The Morgan fingerprint density at radius 2 is 2.03 bits per heavy atom. The van der Waals surface area contributed by atoms with Crippen molar-refractivity contribution in [2.45, 2.75) is 30.9 Å². The Labute approximate surface area is 181 Å². The maximum Gasteiger partial charge on any atom is 0.247 e. The number of aliphatic hydroxyl groups is 1. The van der Waals surface area contributed by atoms with Gasteiger partial charge >= 0.3 is 0 Å². The van der Waals surface area contributed by atoms with Gasteiger partial charge in [-0.15, -0.1) is 0 Å². The van der Waals surface area contributed by atoms with Crippen molar-refractivity contribution in [1.29, 1.82) is 0 Å². The number of ether oxygens (including phenoxy) is 1. The molecule has 29 heavy (non-hydrogen) atoms. The van der Waals surface area contributed by atoms with Crippen molar-refractivity contribution in [3.63, 3.8) is 0 Å². The number of benzene rings is 1. The summed E-state index contributed by atoms with van der Waals surface area (Å²) in [4.78, 5) is 15.8. The highest BCUT2D eigenvalue weighted by Crippen LogP contribution is 2.35. The fourth-order valence-electron chi connectivity index (χ4n) is 3.18. The van der Waals surface area contributed by atoms with Crippen LogP contribution in [0.4, 0.5) is 0 Å². The molecule has 0 unspecified atom stereocenters. The molecular weight excluding hydrogens is 462 g/mol. The van der Waals surface area contributed by atoms with E-state index in [4.69, 9.17) is 4.74 Å². The molecule has 0 aromatic heterocycles. The second-order valence-electron chi connectivity index (χ2n) is 7.84. The van der Waals surface area contributed by atoms with E-state index in [1.54, 1.807) is 35.9 Å². The van der Waals surface area contributed by atoms with Crippen LogP contribution in [-0.4, -0.2) is 93.1 Å². The average Bonchev–Trinajstić information content (AvgIpc) is 2.63. The largest absolute Gasteiger partial charge is 0.487 e. The lowest BCUT2D eigenvalue weighted by Gasteiger charge is -2.37. The van der Waals surface area contributed by atoms with E-state index in [-0.39, 0.29) is 42.2 Å². The third-order valence-electron chi connectivity index (χ3n) is 4.96. The molecule has 2 rings (SSSR count). The minimum Gasteiger partial charge on any atom is -0.487 e. The molecule has 10 heteroatoms. The maximum atomic E-state index is 13.2. The van der Waals surface area contributed by atoms with Gasteiger partial charge in [-0.05, 0) is 39.2 Å². The lowest BCUT2D eigenvalue weighted by atomic mass is 10.0. The number of carbonyl (C=O) groups excluding carboxylic acids is 1. The molecule has 0 aliphatic carbocycles. The molecule has 1 amide bonds. The topological polar surface area (TPSA) is 90.4 Å². The van der Waals surface area contributed by atoms with Gasteiger partial charge in [-0.1, -0.05) is 22.9 Å². The van der Waals surface area contributed by atoms with Crippen molar-refractivity contribution in [3.8, 4) is 5.75 Å². The number of nitrogens with zero attached hydrogens (tertiary/aromatic N) is 3. The molecule has 0 saturated carbocycles. The molecule has 0 radical (unpaired) electrons. The molecule has 1 heterocycles. The molecule has 1 aromatic rings. The minimum atomic E-state index is -3.85. The van der Waals surface area contributed by atoms with Gasteiger partial charge in [0.2, 0.25) is 15.9 Å². The zero-order valence-electron chi connectivity index (χ0n) is 17.5. The van der Waals surface area contributed by atoms with Crippen LogP contribution in [-0.2, 0) is 14.8 Å². The second-order valence-corrected chi connectivity index (χ2v) is 10.6. The molecule has 1 N–H and O–H groups in total. The molecule has 8 nitrogen and oxygen atoms in total. The molecular formula is C19H30BrN3O5S. The van der Waals surface area contributed by atoms with Gasteiger partial charge in [0.05, 0.1) is 19.7 Å². The van der Waals surface area contributed by atoms with Gasteiger partial charge in [0.25, 0.3) is 0 Å². The summed E-state index contributed by atoms with van der Waals surface area (Å²) < 4.78 is 34.6. The third kappa shape index (κ3) is 5.69. The number of sulfonamides is 1. The van der Waals surface area contributed by atoms with Gasteiger partial charge in [0.1, 0.15) is 16.7 Å². The Kier molecular flexibility index (Phi) is 8.08. The van der Waals surface area contributed by atoms with Gasteiger partial charge in [-0.2, -0.15) is 4.31 Å². The predicted molar refractivity (Wildman–Crippen MR) is 114 cm³/mol. The molecule has 0 fully saturated rings. The van der Waals surface area contributed by atoms with Crippen LogP contribution < -0.4 is 4.74 Å². The number of aliphatic hydroxyl groups excluding tert-OH is 1. The van der Waals surface area contributed by atoms with E-state index in [1.165, 1.54) is 10.4 Å². The van der Waals surface area contributed by atoms with Crippen LogP contribution in [0.1, 0.15) is 13.8 Å². The quantitative estimate of drug-likeness (QED) is 0.643. The molecule has 164 valence electrons. The third-order valence-corrected chi connectivity index (χ3v) is 7.47. The van der Waals surface area contributed by atoms with Crippen molar-refractivity contribution in [2.24, 2.45) is 5.92 Å². The van der Waals surface area contributed by atoms with Crippen LogP contribution in [0.3, 0.4) is 0 Å². The number of amides is 1. The first-order valence-corrected chi connectivity index (χ1v) is 11.7. The summed E-state index contributed by atoms with van der Waals surface area (Å²) in [6.07, 6.45) is -0.414. The first-order chi connectivity index (χ1) is 13.5. The van der Waals surface area contributed by atoms with Crippen LogP contribution in [0.5, 0.6) is 5.75 Å². The number of rotatable bonds is 6. The van der Waals surface area contributed by atoms with E-state index < -0.39 is 22.2 Å². The lowest BCUT2D eigenvalue weighted by Crippen LogP contribution is -2.50. The van der Waals surface area contributed by atoms with Crippen LogP contribution in [0, 0.1) is 5.92 Å². The summed E-state index contributed by atoms with van der Waals surface area (Å²) in [5.74, 6) is -0.0180. The summed E-state index contributed by atoms with van der Waals surface area (Å²) in [5.41, 5.74) is 0. The Hall–Kier alpha value is -1.20. The Morgan fingerprint density at radius 3 is 2.62 bits per heavy atom. The number of hydrogen-bond acceptors (Lipinski definition) is 6. The molecule has 0 saturated heterocycles.